The van der Waals surface area contributed by atoms with Gasteiger partial charge in [-0.25, -0.2) is 0 Å². The number of hydrogen-bond acceptors (Lipinski definition) is 4. The van der Waals surface area contributed by atoms with Gasteiger partial charge in [-0.2, -0.15) is 5.10 Å². The molecule has 154 valence electrons. The summed E-state index contributed by atoms with van der Waals surface area (Å²) in [6.07, 6.45) is 7.45. The lowest BCUT2D eigenvalue weighted by molar-refractivity contribution is 0.0299. The fourth-order valence-electron chi connectivity index (χ4n) is 4.71. The van der Waals surface area contributed by atoms with Crippen molar-refractivity contribution in [1.29, 1.82) is 0 Å². The number of benzene rings is 2. The lowest BCUT2D eigenvalue weighted by atomic mass is 9.84. The van der Waals surface area contributed by atoms with Crippen LogP contribution in [0.25, 0.3) is 0 Å². The minimum atomic E-state index is -0.350. The summed E-state index contributed by atoms with van der Waals surface area (Å²) in [5.74, 6) is 0.969. The van der Waals surface area contributed by atoms with Crippen molar-refractivity contribution in [2.45, 2.75) is 44.4 Å². The van der Waals surface area contributed by atoms with Crippen LogP contribution in [-0.4, -0.2) is 39.2 Å². The van der Waals surface area contributed by atoms with E-state index in [2.05, 4.69) is 40.5 Å². The molecule has 30 heavy (non-hydrogen) atoms. The number of nitrogens with zero attached hydrogens (tertiary/aromatic N) is 3. The molecule has 5 nitrogen and oxygen atoms in total. The maximum absolute atomic E-state index is 12.7. The van der Waals surface area contributed by atoms with Crippen LogP contribution in [0.4, 0.5) is 0 Å². The number of ketones is 1. The second-order valence-electron chi connectivity index (χ2n) is 8.54. The van der Waals surface area contributed by atoms with Gasteiger partial charge in [0.05, 0.1) is 24.7 Å². The van der Waals surface area contributed by atoms with Crippen LogP contribution in [0.3, 0.4) is 0 Å². The Balaban J connectivity index is 1.22. The van der Waals surface area contributed by atoms with Crippen LogP contribution in [0.2, 0.25) is 0 Å². The fraction of sp³-hybridized carbons (Fsp3) is 0.360. The highest BCUT2D eigenvalue weighted by atomic mass is 16.5. The minimum Gasteiger partial charge on any atom is -0.486 e. The number of fused-ring (bicyclic) bond motifs is 1. The van der Waals surface area contributed by atoms with E-state index in [-0.39, 0.29) is 11.4 Å². The van der Waals surface area contributed by atoms with Gasteiger partial charge in [-0.05, 0) is 37.1 Å². The molecule has 2 aliphatic heterocycles. The molecule has 1 atom stereocenters. The zero-order valence-corrected chi connectivity index (χ0v) is 17.2. The van der Waals surface area contributed by atoms with Gasteiger partial charge in [0, 0.05) is 31.3 Å². The molecule has 0 bridgehead atoms. The van der Waals surface area contributed by atoms with Gasteiger partial charge in [-0.1, -0.05) is 42.5 Å². The molecule has 1 aromatic heterocycles. The number of Topliss-reactive ketones (excluding diaryl/α,β-unsaturated/α-hetero) is 1. The maximum Gasteiger partial charge on any atom is 0.170 e. The van der Waals surface area contributed by atoms with Crippen LogP contribution in [0, 0.1) is 0 Å². The van der Waals surface area contributed by atoms with E-state index in [0.29, 0.717) is 6.42 Å². The standard InChI is InChI=1S/C25H27N3O2/c29-23-15-25(30-24-10-5-4-9-22(23)24)11-6-13-27(14-12-25)17-21-16-26-28(19-21)18-20-7-2-1-3-8-20/h1-5,7-10,16,19H,6,11-15,17-18H2. The lowest BCUT2D eigenvalue weighted by Crippen LogP contribution is -2.42. The first-order chi connectivity index (χ1) is 14.7. The van der Waals surface area contributed by atoms with Crippen molar-refractivity contribution < 1.29 is 9.53 Å². The minimum absolute atomic E-state index is 0.215. The topological polar surface area (TPSA) is 47.4 Å². The Bertz CT molecular complexity index is 1030. The summed E-state index contributed by atoms with van der Waals surface area (Å²) >= 11 is 0. The van der Waals surface area contributed by atoms with Gasteiger partial charge < -0.3 is 4.74 Å². The highest BCUT2D eigenvalue weighted by Crippen LogP contribution is 2.39. The molecule has 1 unspecified atom stereocenters. The summed E-state index contributed by atoms with van der Waals surface area (Å²) < 4.78 is 8.42. The zero-order valence-electron chi connectivity index (χ0n) is 17.2. The highest BCUT2D eigenvalue weighted by Gasteiger charge is 2.41. The molecule has 0 N–H and O–H groups in total. The van der Waals surface area contributed by atoms with Crippen molar-refractivity contribution in [3.05, 3.63) is 83.7 Å². The summed E-state index contributed by atoms with van der Waals surface area (Å²) in [5.41, 5.74) is 2.86. The Morgan fingerprint density at radius 2 is 1.77 bits per heavy atom. The average molecular weight is 402 g/mol. The molecule has 5 heteroatoms. The van der Waals surface area contributed by atoms with Crippen LogP contribution < -0.4 is 4.74 Å². The summed E-state index contributed by atoms with van der Waals surface area (Å²) in [4.78, 5) is 15.2. The van der Waals surface area contributed by atoms with E-state index in [9.17, 15) is 4.79 Å². The Hall–Kier alpha value is -2.92. The van der Waals surface area contributed by atoms with E-state index in [1.807, 2.05) is 41.2 Å². The van der Waals surface area contributed by atoms with Crippen molar-refractivity contribution in [2.75, 3.05) is 13.1 Å². The summed E-state index contributed by atoms with van der Waals surface area (Å²) in [6, 6.07) is 18.1. The Labute approximate surface area is 177 Å². The second kappa shape index (κ2) is 8.07. The van der Waals surface area contributed by atoms with Gasteiger partial charge in [-0.3, -0.25) is 14.4 Å². The third kappa shape index (κ3) is 4.03. The van der Waals surface area contributed by atoms with Crippen molar-refractivity contribution >= 4 is 5.78 Å². The SMILES string of the molecule is O=C1CC2(CCCN(Cc3cnn(Cc4ccccc4)c3)CC2)Oc2ccccc21. The number of para-hydroxylation sites is 1. The molecule has 3 aromatic rings. The van der Waals surface area contributed by atoms with E-state index in [0.717, 1.165) is 56.8 Å². The number of carbonyl (C=O) groups excluding carboxylic acids is 1. The fourth-order valence-corrected chi connectivity index (χ4v) is 4.71. The molecule has 0 amide bonds. The van der Waals surface area contributed by atoms with Crippen molar-refractivity contribution in [3.63, 3.8) is 0 Å². The molecule has 5 rings (SSSR count). The third-order valence-corrected chi connectivity index (χ3v) is 6.27. The summed E-state index contributed by atoms with van der Waals surface area (Å²) in [5, 5.41) is 4.54. The maximum atomic E-state index is 12.7. The van der Waals surface area contributed by atoms with Crippen molar-refractivity contribution in [1.82, 2.24) is 14.7 Å². The predicted molar refractivity (Wildman–Crippen MR) is 116 cm³/mol. The first-order valence-electron chi connectivity index (χ1n) is 10.8. The molecule has 2 aromatic carbocycles. The average Bonchev–Trinajstić information content (AvgIpc) is 3.10. The number of rotatable bonds is 4. The second-order valence-corrected chi connectivity index (χ2v) is 8.54. The number of hydrogen-bond donors (Lipinski definition) is 0. The molecule has 1 spiro atoms. The normalized spacial score (nSPS) is 21.8. The third-order valence-electron chi connectivity index (χ3n) is 6.27. The Morgan fingerprint density at radius 3 is 2.67 bits per heavy atom. The van der Waals surface area contributed by atoms with Crippen molar-refractivity contribution in [2.24, 2.45) is 0 Å². The molecular weight excluding hydrogens is 374 g/mol. The molecule has 3 heterocycles. The monoisotopic (exact) mass is 401 g/mol. The van der Waals surface area contributed by atoms with E-state index < -0.39 is 0 Å². The van der Waals surface area contributed by atoms with E-state index in [1.165, 1.54) is 11.1 Å². The number of likely N-dealkylation sites (tertiary alicyclic amines) is 1. The van der Waals surface area contributed by atoms with Crippen LogP contribution in [0.5, 0.6) is 5.75 Å². The van der Waals surface area contributed by atoms with E-state index >= 15 is 0 Å². The summed E-state index contributed by atoms with van der Waals surface area (Å²) in [7, 11) is 0. The quantitative estimate of drug-likeness (QED) is 0.653. The van der Waals surface area contributed by atoms with E-state index in [4.69, 9.17) is 4.74 Å². The number of ether oxygens (including phenoxy) is 1. The molecule has 1 fully saturated rings. The van der Waals surface area contributed by atoms with Gasteiger partial charge in [-0.15, -0.1) is 0 Å². The molecule has 0 aliphatic carbocycles. The number of aromatic nitrogens is 2. The van der Waals surface area contributed by atoms with Gasteiger partial charge in [0.1, 0.15) is 11.4 Å². The number of carbonyl (C=O) groups is 1. The Kier molecular flexibility index (Phi) is 5.13. The molecular formula is C25H27N3O2. The molecule has 0 saturated carbocycles. The van der Waals surface area contributed by atoms with E-state index in [1.54, 1.807) is 0 Å². The largest absolute Gasteiger partial charge is 0.486 e. The first-order valence-corrected chi connectivity index (χ1v) is 10.8. The van der Waals surface area contributed by atoms with Gasteiger partial charge in [0.15, 0.2) is 5.78 Å². The van der Waals surface area contributed by atoms with Crippen LogP contribution in [0.1, 0.15) is 47.2 Å². The van der Waals surface area contributed by atoms with Gasteiger partial charge >= 0.3 is 0 Å². The first kappa shape index (κ1) is 19.1. The molecule has 2 aliphatic rings. The molecule has 0 radical (unpaired) electrons. The molecule has 1 saturated heterocycles. The van der Waals surface area contributed by atoms with Crippen LogP contribution >= 0.6 is 0 Å². The predicted octanol–water partition coefficient (Wildman–Crippen LogP) is 4.32. The van der Waals surface area contributed by atoms with Crippen molar-refractivity contribution in [3.8, 4) is 5.75 Å². The summed E-state index contributed by atoms with van der Waals surface area (Å²) in [6.45, 7) is 3.62. The smallest absolute Gasteiger partial charge is 0.170 e. The van der Waals surface area contributed by atoms with Crippen LogP contribution in [0.15, 0.2) is 67.0 Å². The zero-order chi connectivity index (χ0) is 20.4. The highest BCUT2D eigenvalue weighted by molar-refractivity contribution is 6.00. The van der Waals surface area contributed by atoms with Crippen LogP contribution in [-0.2, 0) is 13.1 Å². The van der Waals surface area contributed by atoms with Gasteiger partial charge in [0.2, 0.25) is 0 Å². The van der Waals surface area contributed by atoms with Gasteiger partial charge in [0.25, 0.3) is 0 Å². The Morgan fingerprint density at radius 1 is 0.933 bits per heavy atom. The lowest BCUT2D eigenvalue weighted by Gasteiger charge is -2.37.